The van der Waals surface area contributed by atoms with Crippen LogP contribution in [0.2, 0.25) is 0 Å². The van der Waals surface area contributed by atoms with Gasteiger partial charge in [-0.1, -0.05) is 0 Å². The number of alkyl halides is 1. The first-order valence-corrected chi connectivity index (χ1v) is 13.8. The van der Waals surface area contributed by atoms with Crippen molar-refractivity contribution in [3.8, 4) is 17.3 Å². The van der Waals surface area contributed by atoms with Gasteiger partial charge in [-0.2, -0.15) is 5.10 Å². The molecule has 0 amide bonds. The fraction of sp³-hybridized carbons (Fsp3) is 0.148. The highest BCUT2D eigenvalue weighted by Crippen LogP contribution is 2.33. The topological polar surface area (TPSA) is 129 Å². The summed E-state index contributed by atoms with van der Waals surface area (Å²) in [5.74, 6) is -3.99. The number of benzene rings is 2. The van der Waals surface area contributed by atoms with Crippen LogP contribution in [0.4, 0.5) is 29.1 Å². The monoisotopic (exact) mass is 587 g/mol. The number of anilines is 2. The quantitative estimate of drug-likeness (QED) is 0.198. The van der Waals surface area contributed by atoms with Crippen LogP contribution < -0.4 is 15.2 Å². The van der Waals surface area contributed by atoms with Crippen LogP contribution in [-0.2, 0) is 16.4 Å². The SMILES string of the molecule is Nc1c(C(=O)C2=Cc3cc(F)c(NS(=O)(=O)CCCF)cc3C2)cnn1-c1ccc(Oc2ncccc2F)cc1F. The van der Waals surface area contributed by atoms with Crippen LogP contribution in [0, 0.1) is 17.5 Å². The normalized spacial score (nSPS) is 12.6. The average molecular weight is 588 g/mol. The third kappa shape index (κ3) is 5.77. The lowest BCUT2D eigenvalue weighted by atomic mass is 10.0. The standard InChI is InChI=1S/C27H21F4N5O4S/c28-6-2-8-41(38,39)35-23-12-16-10-17(9-15(16)11-21(23)30)25(37)19-14-34-36(26(19)32)24-5-4-18(13-22(24)31)40-27-20(29)3-1-7-33-27/h1,3-5,7,9,11-14,35H,2,6,8,10,32H2. The molecule has 41 heavy (non-hydrogen) atoms. The van der Waals surface area contributed by atoms with E-state index in [9.17, 15) is 30.8 Å². The number of hydrogen-bond acceptors (Lipinski definition) is 7. The molecule has 0 atom stereocenters. The number of pyridine rings is 1. The van der Waals surface area contributed by atoms with E-state index < -0.39 is 45.7 Å². The van der Waals surface area contributed by atoms with Crippen LogP contribution in [-0.4, -0.2) is 41.4 Å². The summed E-state index contributed by atoms with van der Waals surface area (Å²) >= 11 is 0. The summed E-state index contributed by atoms with van der Waals surface area (Å²) in [6, 6.07) is 8.50. The van der Waals surface area contributed by atoms with E-state index in [1.807, 2.05) is 0 Å². The summed E-state index contributed by atoms with van der Waals surface area (Å²) < 4.78 is 88.3. The van der Waals surface area contributed by atoms with E-state index in [0.717, 1.165) is 22.9 Å². The number of fused-ring (bicyclic) bond motifs is 1. The average Bonchev–Trinajstić information content (AvgIpc) is 3.51. The van der Waals surface area contributed by atoms with Crippen LogP contribution in [0.5, 0.6) is 11.6 Å². The molecule has 14 heteroatoms. The van der Waals surface area contributed by atoms with Gasteiger partial charge in [0, 0.05) is 24.3 Å². The van der Waals surface area contributed by atoms with Crippen molar-refractivity contribution in [2.24, 2.45) is 0 Å². The third-order valence-electron chi connectivity index (χ3n) is 6.18. The zero-order valence-corrected chi connectivity index (χ0v) is 21.9. The van der Waals surface area contributed by atoms with Crippen LogP contribution in [0.1, 0.15) is 27.9 Å². The lowest BCUT2D eigenvalue weighted by Gasteiger charge is -2.10. The number of halogens is 4. The Labute approximate surface area is 231 Å². The number of nitrogens with two attached hydrogens (primary N) is 1. The van der Waals surface area contributed by atoms with Crippen molar-refractivity contribution < 1.29 is 35.5 Å². The first-order chi connectivity index (χ1) is 19.6. The molecule has 4 aromatic rings. The molecule has 0 saturated carbocycles. The second-order valence-corrected chi connectivity index (χ2v) is 10.9. The number of rotatable bonds is 10. The van der Waals surface area contributed by atoms with E-state index in [4.69, 9.17) is 10.5 Å². The maximum absolute atomic E-state index is 15.0. The Morgan fingerprint density at radius 1 is 1.10 bits per heavy atom. The Bertz CT molecular complexity index is 1810. The number of aromatic nitrogens is 3. The summed E-state index contributed by atoms with van der Waals surface area (Å²) in [7, 11) is -3.96. The first-order valence-electron chi connectivity index (χ1n) is 12.1. The zero-order valence-electron chi connectivity index (χ0n) is 21.1. The Morgan fingerprint density at radius 2 is 1.90 bits per heavy atom. The Hall–Kier alpha value is -4.72. The molecule has 0 saturated heterocycles. The number of carbonyl (C=O) groups is 1. The summed E-state index contributed by atoms with van der Waals surface area (Å²) in [6.07, 6.45) is 3.74. The maximum Gasteiger partial charge on any atom is 0.255 e. The smallest absolute Gasteiger partial charge is 0.255 e. The van der Waals surface area contributed by atoms with E-state index >= 15 is 0 Å². The summed E-state index contributed by atoms with van der Waals surface area (Å²) in [5, 5.41) is 4.04. The number of nitrogens with one attached hydrogen (secondary N) is 1. The fourth-order valence-electron chi connectivity index (χ4n) is 4.23. The van der Waals surface area contributed by atoms with Crippen LogP contribution in [0.25, 0.3) is 11.8 Å². The number of ether oxygens (including phenoxy) is 1. The fourth-order valence-corrected chi connectivity index (χ4v) is 5.31. The Kier molecular flexibility index (Phi) is 7.49. The van der Waals surface area contributed by atoms with Gasteiger partial charge < -0.3 is 10.5 Å². The molecule has 9 nitrogen and oxygen atoms in total. The van der Waals surface area contributed by atoms with Crippen LogP contribution in [0.15, 0.2) is 60.4 Å². The Balaban J connectivity index is 1.34. The first kappa shape index (κ1) is 27.8. The number of sulfonamides is 1. The highest BCUT2D eigenvalue weighted by Gasteiger charge is 2.26. The van der Waals surface area contributed by atoms with Gasteiger partial charge in [-0.3, -0.25) is 13.9 Å². The summed E-state index contributed by atoms with van der Waals surface area (Å²) in [6.45, 7) is -0.831. The molecule has 1 aliphatic carbocycles. The van der Waals surface area contributed by atoms with Crippen LogP contribution in [0.3, 0.4) is 0 Å². The predicted molar refractivity (Wildman–Crippen MR) is 143 cm³/mol. The van der Waals surface area contributed by atoms with Crippen molar-refractivity contribution in [3.63, 3.8) is 0 Å². The van der Waals surface area contributed by atoms with Crippen LogP contribution >= 0.6 is 0 Å². The van der Waals surface area contributed by atoms with Gasteiger partial charge >= 0.3 is 0 Å². The Morgan fingerprint density at radius 3 is 2.63 bits per heavy atom. The van der Waals surface area contributed by atoms with Gasteiger partial charge in [-0.05, 0) is 60.0 Å². The number of Topliss-reactive ketones (excluding diaryl/α,β-unsaturated/α-hetero) is 1. The minimum Gasteiger partial charge on any atom is -0.436 e. The predicted octanol–water partition coefficient (Wildman–Crippen LogP) is 4.98. The molecular formula is C27H21F4N5O4S. The molecule has 0 unspecified atom stereocenters. The third-order valence-corrected chi connectivity index (χ3v) is 7.54. The van der Waals surface area contributed by atoms with E-state index in [2.05, 4.69) is 14.8 Å². The van der Waals surface area contributed by atoms with Gasteiger partial charge in [0.15, 0.2) is 17.4 Å². The van der Waals surface area contributed by atoms with Crippen molar-refractivity contribution >= 4 is 33.4 Å². The minimum atomic E-state index is -3.96. The zero-order chi connectivity index (χ0) is 29.3. The molecule has 0 aliphatic heterocycles. The largest absolute Gasteiger partial charge is 0.436 e. The summed E-state index contributed by atoms with van der Waals surface area (Å²) in [4.78, 5) is 17.0. The maximum atomic E-state index is 15.0. The molecule has 5 rings (SSSR count). The van der Waals surface area contributed by atoms with Crippen molar-refractivity contribution in [2.45, 2.75) is 12.8 Å². The second-order valence-electron chi connectivity index (χ2n) is 9.03. The molecule has 0 spiro atoms. The second kappa shape index (κ2) is 11.0. The van der Waals surface area contributed by atoms with Gasteiger partial charge in [0.1, 0.15) is 23.1 Å². The van der Waals surface area contributed by atoms with E-state index in [1.54, 1.807) is 0 Å². The number of allylic oxidation sites excluding steroid dienone is 1. The van der Waals surface area contributed by atoms with Crippen molar-refractivity contribution in [2.75, 3.05) is 22.9 Å². The molecular weight excluding hydrogens is 566 g/mol. The molecule has 2 aromatic carbocycles. The van der Waals surface area contributed by atoms with E-state index in [-0.39, 0.29) is 52.8 Å². The lowest BCUT2D eigenvalue weighted by molar-refractivity contribution is 0.103. The molecule has 0 bridgehead atoms. The molecule has 0 radical (unpaired) electrons. The van der Waals surface area contributed by atoms with E-state index in [0.29, 0.717) is 11.1 Å². The number of hydrogen-bond donors (Lipinski definition) is 2. The minimum absolute atomic E-state index is 0.0314. The molecule has 3 N–H and O–H groups in total. The van der Waals surface area contributed by atoms with Gasteiger partial charge in [-0.25, -0.2) is 31.3 Å². The number of carbonyl (C=O) groups excluding carboxylic acids is 1. The van der Waals surface area contributed by atoms with Crippen molar-refractivity contribution in [1.29, 1.82) is 0 Å². The van der Waals surface area contributed by atoms with E-state index in [1.165, 1.54) is 42.7 Å². The lowest BCUT2D eigenvalue weighted by Crippen LogP contribution is -2.18. The number of ketones is 1. The molecule has 1 aliphatic rings. The van der Waals surface area contributed by atoms with Gasteiger partial charge in [0.25, 0.3) is 5.88 Å². The number of nitrogen functional groups attached to an aromatic ring is 1. The van der Waals surface area contributed by atoms with Gasteiger partial charge in [-0.15, -0.1) is 0 Å². The van der Waals surface area contributed by atoms with Crippen molar-refractivity contribution in [3.05, 3.63) is 94.6 Å². The molecule has 2 heterocycles. The highest BCUT2D eigenvalue weighted by atomic mass is 32.2. The summed E-state index contributed by atoms with van der Waals surface area (Å²) in [5.41, 5.74) is 6.77. The van der Waals surface area contributed by atoms with Gasteiger partial charge in [0.2, 0.25) is 10.0 Å². The number of nitrogens with zero attached hydrogens (tertiary/aromatic N) is 3. The highest BCUT2D eigenvalue weighted by molar-refractivity contribution is 7.92. The molecule has 2 aromatic heterocycles. The molecule has 0 fully saturated rings. The molecule has 212 valence electrons. The van der Waals surface area contributed by atoms with Crippen molar-refractivity contribution in [1.82, 2.24) is 14.8 Å². The van der Waals surface area contributed by atoms with Gasteiger partial charge in [0.05, 0.1) is 29.9 Å².